The molecule has 1 aliphatic rings. The van der Waals surface area contributed by atoms with E-state index in [9.17, 15) is 0 Å². The van der Waals surface area contributed by atoms with E-state index in [2.05, 4.69) is 23.5 Å². The van der Waals surface area contributed by atoms with Gasteiger partial charge in [0.05, 0.1) is 0 Å². The molecule has 0 fully saturated rings. The summed E-state index contributed by atoms with van der Waals surface area (Å²) in [5.41, 5.74) is 2.74. The summed E-state index contributed by atoms with van der Waals surface area (Å²) in [5, 5.41) is 10.8. The molecular formula is C9H13NO. The third-order valence-electron chi connectivity index (χ3n) is 1.49. The van der Waals surface area contributed by atoms with Gasteiger partial charge < -0.3 is 10.4 Å². The number of anilines is 1. The molecule has 0 radical (unpaired) electrons. The van der Waals surface area contributed by atoms with E-state index in [0.29, 0.717) is 0 Å². The summed E-state index contributed by atoms with van der Waals surface area (Å²) in [4.78, 5) is 0. The molecule has 0 amide bonds. The molecule has 0 unspecified atom stereocenters. The van der Waals surface area contributed by atoms with Crippen LogP contribution in [0.15, 0.2) is 24.3 Å². The Hall–Kier alpha value is -1.02. The van der Waals surface area contributed by atoms with Gasteiger partial charge in [0.15, 0.2) is 0 Å². The van der Waals surface area contributed by atoms with E-state index >= 15 is 0 Å². The lowest BCUT2D eigenvalue weighted by molar-refractivity contribution is 0.318. The normalized spacial score (nSPS) is 11.5. The second kappa shape index (κ2) is 3.98. The minimum absolute atomic E-state index is 0.250. The van der Waals surface area contributed by atoms with Gasteiger partial charge in [0.1, 0.15) is 0 Å². The molecule has 1 aliphatic heterocycles. The van der Waals surface area contributed by atoms with Crippen LogP contribution in [0.2, 0.25) is 0 Å². The molecule has 0 spiro atoms. The fourth-order valence-corrected chi connectivity index (χ4v) is 0.931. The average Bonchev–Trinajstić information content (AvgIpc) is 1.94. The number of aliphatic hydroxyl groups excluding tert-OH is 1. The fraction of sp³-hybridized carbons (Fsp3) is 0.333. The minimum atomic E-state index is 0.250. The number of aliphatic hydroxyl groups is 1. The van der Waals surface area contributed by atoms with Crippen molar-refractivity contribution in [2.45, 2.75) is 13.5 Å². The van der Waals surface area contributed by atoms with Crippen LogP contribution in [0.1, 0.15) is 12.5 Å². The first-order valence-electron chi connectivity index (χ1n) is 3.81. The summed E-state index contributed by atoms with van der Waals surface area (Å²) in [6.07, 6.45) is 0. The highest BCUT2D eigenvalue weighted by molar-refractivity contribution is 5.58. The van der Waals surface area contributed by atoms with Crippen LogP contribution in [0.25, 0.3) is 0 Å². The Morgan fingerprint density at radius 2 is 2.09 bits per heavy atom. The maximum atomic E-state index is 7.57. The first-order valence-corrected chi connectivity index (χ1v) is 3.81. The van der Waals surface area contributed by atoms with Crippen LogP contribution in [0.5, 0.6) is 0 Å². The molecule has 0 atom stereocenters. The zero-order valence-corrected chi connectivity index (χ0v) is 6.67. The van der Waals surface area contributed by atoms with Crippen molar-refractivity contribution in [1.29, 1.82) is 0 Å². The first-order chi connectivity index (χ1) is 5.38. The topological polar surface area (TPSA) is 32.3 Å². The van der Waals surface area contributed by atoms with Crippen molar-refractivity contribution >= 4 is 5.69 Å². The third-order valence-corrected chi connectivity index (χ3v) is 1.49. The van der Waals surface area contributed by atoms with E-state index < -0.39 is 0 Å². The summed E-state index contributed by atoms with van der Waals surface area (Å²) in [7, 11) is 0. The lowest BCUT2D eigenvalue weighted by Gasteiger charge is -2.19. The van der Waals surface area contributed by atoms with Crippen LogP contribution >= 0.6 is 0 Å². The molecule has 0 bridgehead atoms. The maximum absolute atomic E-state index is 7.57. The summed E-state index contributed by atoms with van der Waals surface area (Å²) in [6, 6.07) is 8.36. The molecule has 0 saturated carbocycles. The van der Waals surface area contributed by atoms with Crippen molar-refractivity contribution in [3.8, 4) is 0 Å². The van der Waals surface area contributed by atoms with E-state index in [1.165, 1.54) is 11.3 Å². The third kappa shape index (κ3) is 1.95. The Morgan fingerprint density at radius 1 is 1.45 bits per heavy atom. The molecular weight excluding hydrogens is 138 g/mol. The molecule has 2 rings (SSSR count). The van der Waals surface area contributed by atoms with E-state index in [-0.39, 0.29) is 6.61 Å². The van der Waals surface area contributed by atoms with Gasteiger partial charge >= 0.3 is 0 Å². The van der Waals surface area contributed by atoms with E-state index in [1.807, 2.05) is 6.07 Å². The van der Waals surface area contributed by atoms with E-state index in [0.717, 1.165) is 6.54 Å². The van der Waals surface area contributed by atoms with Crippen LogP contribution in [-0.4, -0.2) is 11.7 Å². The largest absolute Gasteiger partial charge is 0.397 e. The van der Waals surface area contributed by atoms with Crippen molar-refractivity contribution in [3.63, 3.8) is 0 Å². The summed E-state index contributed by atoms with van der Waals surface area (Å²) in [5.74, 6) is 0. The van der Waals surface area contributed by atoms with Crippen LogP contribution < -0.4 is 5.32 Å². The smallest absolute Gasteiger partial charge is 0.0421 e. The van der Waals surface area contributed by atoms with Gasteiger partial charge in [0.25, 0.3) is 0 Å². The van der Waals surface area contributed by atoms with Crippen LogP contribution in [0.4, 0.5) is 5.69 Å². The summed E-state index contributed by atoms with van der Waals surface area (Å²) >= 11 is 0. The number of para-hydroxylation sites is 1. The number of nitrogens with one attached hydrogen (secondary N) is 1. The first kappa shape index (κ1) is 8.08. The fourth-order valence-electron chi connectivity index (χ4n) is 0.931. The molecule has 2 heteroatoms. The number of benzene rings is 1. The van der Waals surface area contributed by atoms with Crippen molar-refractivity contribution in [1.82, 2.24) is 0 Å². The predicted molar refractivity (Wildman–Crippen MR) is 46.5 cm³/mol. The van der Waals surface area contributed by atoms with Gasteiger partial charge in [-0.3, -0.25) is 0 Å². The van der Waals surface area contributed by atoms with Gasteiger partial charge in [-0.05, 0) is 18.6 Å². The Labute approximate surface area is 66.9 Å². The van der Waals surface area contributed by atoms with Crippen molar-refractivity contribution in [2.24, 2.45) is 0 Å². The average molecular weight is 151 g/mol. The highest BCUT2D eigenvalue weighted by Gasteiger charge is 2.07. The van der Waals surface area contributed by atoms with Crippen molar-refractivity contribution < 1.29 is 5.11 Å². The lowest BCUT2D eigenvalue weighted by Crippen LogP contribution is -2.12. The second-order valence-corrected chi connectivity index (χ2v) is 2.33. The van der Waals surface area contributed by atoms with Crippen molar-refractivity contribution in [3.05, 3.63) is 29.8 Å². The zero-order chi connectivity index (χ0) is 8.10. The quantitative estimate of drug-likeness (QED) is 0.590. The molecule has 1 aromatic carbocycles. The summed E-state index contributed by atoms with van der Waals surface area (Å²) in [6.45, 7) is 2.98. The second-order valence-electron chi connectivity index (χ2n) is 2.33. The number of rotatable bonds is 0. The molecule has 0 aromatic heterocycles. The predicted octanol–water partition coefficient (Wildman–Crippen LogP) is 1.61. The maximum Gasteiger partial charge on any atom is 0.0421 e. The molecule has 2 nitrogen and oxygen atoms in total. The Bertz CT molecular complexity index is 200. The van der Waals surface area contributed by atoms with E-state index in [1.54, 1.807) is 6.92 Å². The van der Waals surface area contributed by atoms with Crippen LogP contribution in [0.3, 0.4) is 0 Å². The van der Waals surface area contributed by atoms with Crippen LogP contribution in [-0.2, 0) is 6.54 Å². The Kier molecular flexibility index (Phi) is 2.93. The molecule has 11 heavy (non-hydrogen) atoms. The van der Waals surface area contributed by atoms with Crippen molar-refractivity contribution in [2.75, 3.05) is 11.9 Å². The molecule has 1 heterocycles. The van der Waals surface area contributed by atoms with Gasteiger partial charge in [-0.25, -0.2) is 0 Å². The molecule has 0 aliphatic carbocycles. The highest BCUT2D eigenvalue weighted by atomic mass is 16.2. The Morgan fingerprint density at radius 3 is 2.36 bits per heavy atom. The molecule has 2 N–H and O–H groups in total. The van der Waals surface area contributed by atoms with E-state index in [4.69, 9.17) is 5.11 Å². The SMILES string of the molecule is CCO.c1ccc2c(c1)CN2. The molecule has 0 saturated heterocycles. The Balaban J connectivity index is 0.000000179. The standard InChI is InChI=1S/C7H7N.C2H6O/c1-2-4-7-6(3-1)5-8-7;1-2-3/h1-4,8H,5H2;3H,2H2,1H3. The van der Waals surface area contributed by atoms with Gasteiger partial charge in [-0.15, -0.1) is 0 Å². The van der Waals surface area contributed by atoms with Gasteiger partial charge in [-0.2, -0.15) is 0 Å². The van der Waals surface area contributed by atoms with Crippen LogP contribution in [0, 0.1) is 0 Å². The highest BCUT2D eigenvalue weighted by Crippen LogP contribution is 2.23. The lowest BCUT2D eigenvalue weighted by atomic mass is 10.1. The van der Waals surface area contributed by atoms with Gasteiger partial charge in [0.2, 0.25) is 0 Å². The number of hydrogen-bond donors (Lipinski definition) is 2. The number of fused-ring (bicyclic) bond motifs is 1. The van der Waals surface area contributed by atoms with Gasteiger partial charge in [-0.1, -0.05) is 18.2 Å². The zero-order valence-electron chi connectivity index (χ0n) is 6.67. The molecule has 1 aromatic rings. The minimum Gasteiger partial charge on any atom is -0.397 e. The summed E-state index contributed by atoms with van der Waals surface area (Å²) < 4.78 is 0. The number of hydrogen-bond acceptors (Lipinski definition) is 2. The van der Waals surface area contributed by atoms with Gasteiger partial charge in [0, 0.05) is 18.8 Å². The monoisotopic (exact) mass is 151 g/mol. The molecule has 60 valence electrons.